The molecule has 1 aromatic heterocycles. The van der Waals surface area contributed by atoms with Gasteiger partial charge in [-0.25, -0.2) is 4.79 Å². The standard InChI is InChI=1S/C23H28N4O2/c1-17-15-26(10-11-27(17)22(28)29-23(2,3)4)16-19-6-5-7-20(12-19)21-13-18(14-24)8-9-25-21/h5-9,12-13,17H,10-11,15-16H2,1-4H3. The molecule has 3 rings (SSSR count). The number of carbonyl (C=O) groups excluding carboxylic acids is 1. The van der Waals surface area contributed by atoms with E-state index in [1.807, 2.05) is 37.8 Å². The van der Waals surface area contributed by atoms with E-state index in [0.717, 1.165) is 30.9 Å². The molecule has 0 radical (unpaired) electrons. The number of nitrogens with zero attached hydrogens (tertiary/aromatic N) is 4. The second-order valence-corrected chi connectivity index (χ2v) is 8.50. The van der Waals surface area contributed by atoms with E-state index in [2.05, 4.69) is 35.0 Å². The molecule has 6 heteroatoms. The van der Waals surface area contributed by atoms with Crippen molar-refractivity contribution < 1.29 is 9.53 Å². The lowest BCUT2D eigenvalue weighted by molar-refractivity contribution is 0.000564. The van der Waals surface area contributed by atoms with Gasteiger partial charge >= 0.3 is 6.09 Å². The Kier molecular flexibility index (Phi) is 6.19. The van der Waals surface area contributed by atoms with Crippen molar-refractivity contribution in [1.29, 1.82) is 5.26 Å². The van der Waals surface area contributed by atoms with E-state index in [1.54, 1.807) is 18.3 Å². The molecular weight excluding hydrogens is 364 g/mol. The Bertz CT molecular complexity index is 914. The van der Waals surface area contributed by atoms with Crippen molar-refractivity contribution in [1.82, 2.24) is 14.8 Å². The van der Waals surface area contributed by atoms with E-state index in [1.165, 1.54) is 5.56 Å². The molecule has 1 aromatic carbocycles. The number of nitriles is 1. The first kappa shape index (κ1) is 20.8. The van der Waals surface area contributed by atoms with Crippen LogP contribution in [0.5, 0.6) is 0 Å². The number of carbonyl (C=O) groups is 1. The number of rotatable bonds is 3. The summed E-state index contributed by atoms with van der Waals surface area (Å²) in [4.78, 5) is 21.0. The molecular formula is C23H28N4O2. The van der Waals surface area contributed by atoms with Gasteiger partial charge in [0.15, 0.2) is 0 Å². The number of piperazine rings is 1. The summed E-state index contributed by atoms with van der Waals surface area (Å²) in [6.45, 7) is 10.8. The molecule has 1 unspecified atom stereocenters. The molecule has 0 bridgehead atoms. The molecule has 6 nitrogen and oxygen atoms in total. The summed E-state index contributed by atoms with van der Waals surface area (Å²) in [7, 11) is 0. The van der Waals surface area contributed by atoms with Crippen LogP contribution < -0.4 is 0 Å². The molecule has 0 saturated carbocycles. The van der Waals surface area contributed by atoms with Crippen LogP contribution in [0.1, 0.15) is 38.8 Å². The molecule has 1 amide bonds. The van der Waals surface area contributed by atoms with Crippen LogP contribution in [-0.2, 0) is 11.3 Å². The van der Waals surface area contributed by atoms with Crippen molar-refractivity contribution in [2.45, 2.75) is 45.9 Å². The highest BCUT2D eigenvalue weighted by molar-refractivity contribution is 5.68. The molecule has 1 fully saturated rings. The molecule has 152 valence electrons. The van der Waals surface area contributed by atoms with Gasteiger partial charge in [0.2, 0.25) is 0 Å². The second-order valence-electron chi connectivity index (χ2n) is 8.50. The van der Waals surface area contributed by atoms with E-state index >= 15 is 0 Å². The third-order valence-corrected chi connectivity index (χ3v) is 4.86. The zero-order chi connectivity index (χ0) is 21.0. The molecule has 0 aliphatic carbocycles. The summed E-state index contributed by atoms with van der Waals surface area (Å²) in [6, 6.07) is 14.0. The van der Waals surface area contributed by atoms with Gasteiger partial charge in [0.25, 0.3) is 0 Å². The van der Waals surface area contributed by atoms with Gasteiger partial charge in [-0.15, -0.1) is 0 Å². The van der Waals surface area contributed by atoms with E-state index in [9.17, 15) is 4.79 Å². The Balaban J connectivity index is 1.65. The molecule has 1 saturated heterocycles. The second kappa shape index (κ2) is 8.62. The Morgan fingerprint density at radius 3 is 2.76 bits per heavy atom. The van der Waals surface area contributed by atoms with Crippen molar-refractivity contribution in [3.63, 3.8) is 0 Å². The van der Waals surface area contributed by atoms with Crippen molar-refractivity contribution >= 4 is 6.09 Å². The number of hydrogen-bond donors (Lipinski definition) is 0. The summed E-state index contributed by atoms with van der Waals surface area (Å²) in [6.07, 6.45) is 1.42. The fourth-order valence-electron chi connectivity index (χ4n) is 3.51. The average Bonchev–Trinajstić information content (AvgIpc) is 2.67. The minimum Gasteiger partial charge on any atom is -0.444 e. The zero-order valence-electron chi connectivity index (χ0n) is 17.6. The smallest absolute Gasteiger partial charge is 0.410 e. The van der Waals surface area contributed by atoms with Crippen molar-refractivity contribution in [2.75, 3.05) is 19.6 Å². The summed E-state index contributed by atoms with van der Waals surface area (Å²) < 4.78 is 5.52. The average molecular weight is 393 g/mol. The fourth-order valence-corrected chi connectivity index (χ4v) is 3.51. The van der Waals surface area contributed by atoms with Gasteiger partial charge in [-0.05, 0) is 51.5 Å². The van der Waals surface area contributed by atoms with Crippen LogP contribution in [0.25, 0.3) is 11.3 Å². The number of pyridine rings is 1. The predicted octanol–water partition coefficient (Wildman–Crippen LogP) is 4.06. The van der Waals surface area contributed by atoms with Crippen LogP contribution in [0.3, 0.4) is 0 Å². The van der Waals surface area contributed by atoms with E-state index in [0.29, 0.717) is 12.1 Å². The SMILES string of the molecule is CC1CN(Cc2cccc(-c3cc(C#N)ccn3)c2)CCN1C(=O)OC(C)(C)C. The van der Waals surface area contributed by atoms with Gasteiger partial charge in [-0.1, -0.05) is 18.2 Å². The summed E-state index contributed by atoms with van der Waals surface area (Å²) >= 11 is 0. The normalized spacial score (nSPS) is 17.6. The molecule has 29 heavy (non-hydrogen) atoms. The number of ether oxygens (including phenoxy) is 1. The monoisotopic (exact) mass is 392 g/mol. The molecule has 2 aromatic rings. The van der Waals surface area contributed by atoms with Crippen LogP contribution in [0.4, 0.5) is 4.79 Å². The van der Waals surface area contributed by atoms with Crippen LogP contribution in [0.15, 0.2) is 42.6 Å². The van der Waals surface area contributed by atoms with Gasteiger partial charge in [-0.2, -0.15) is 5.26 Å². The maximum absolute atomic E-state index is 12.4. The van der Waals surface area contributed by atoms with E-state index in [-0.39, 0.29) is 12.1 Å². The maximum atomic E-state index is 12.4. The molecule has 0 spiro atoms. The highest BCUT2D eigenvalue weighted by Crippen LogP contribution is 2.21. The van der Waals surface area contributed by atoms with Gasteiger partial charge in [0, 0.05) is 44.0 Å². The maximum Gasteiger partial charge on any atom is 0.410 e. The van der Waals surface area contributed by atoms with Gasteiger partial charge < -0.3 is 9.64 Å². The Hall–Kier alpha value is -2.91. The lowest BCUT2D eigenvalue weighted by atomic mass is 10.1. The Morgan fingerprint density at radius 1 is 1.28 bits per heavy atom. The molecule has 1 aliphatic heterocycles. The lowest BCUT2D eigenvalue weighted by Gasteiger charge is -2.40. The summed E-state index contributed by atoms with van der Waals surface area (Å²) in [5, 5.41) is 9.11. The zero-order valence-corrected chi connectivity index (χ0v) is 17.6. The minimum absolute atomic E-state index is 0.0933. The van der Waals surface area contributed by atoms with Crippen molar-refractivity contribution in [3.8, 4) is 17.3 Å². The fraction of sp³-hybridized carbons (Fsp3) is 0.435. The Labute approximate surface area is 172 Å². The Morgan fingerprint density at radius 2 is 2.07 bits per heavy atom. The lowest BCUT2D eigenvalue weighted by Crippen LogP contribution is -2.54. The molecule has 1 atom stereocenters. The molecule has 2 heterocycles. The van der Waals surface area contributed by atoms with E-state index < -0.39 is 5.60 Å². The number of aromatic nitrogens is 1. The first-order valence-electron chi connectivity index (χ1n) is 9.92. The highest BCUT2D eigenvalue weighted by Gasteiger charge is 2.30. The summed E-state index contributed by atoms with van der Waals surface area (Å²) in [5.41, 5.74) is 3.11. The third kappa shape index (κ3) is 5.55. The third-order valence-electron chi connectivity index (χ3n) is 4.86. The van der Waals surface area contributed by atoms with Gasteiger partial charge in [0.1, 0.15) is 5.60 Å². The van der Waals surface area contributed by atoms with Crippen LogP contribution in [-0.4, -0.2) is 52.2 Å². The van der Waals surface area contributed by atoms with Crippen LogP contribution >= 0.6 is 0 Å². The number of hydrogen-bond acceptors (Lipinski definition) is 5. The van der Waals surface area contributed by atoms with Crippen molar-refractivity contribution in [2.24, 2.45) is 0 Å². The number of benzene rings is 1. The predicted molar refractivity (Wildman–Crippen MR) is 112 cm³/mol. The van der Waals surface area contributed by atoms with Crippen LogP contribution in [0.2, 0.25) is 0 Å². The molecule has 0 N–H and O–H groups in total. The largest absolute Gasteiger partial charge is 0.444 e. The van der Waals surface area contributed by atoms with Gasteiger partial charge in [-0.3, -0.25) is 9.88 Å². The van der Waals surface area contributed by atoms with E-state index in [4.69, 9.17) is 10.00 Å². The minimum atomic E-state index is -0.481. The molecule has 1 aliphatic rings. The van der Waals surface area contributed by atoms with Crippen molar-refractivity contribution in [3.05, 3.63) is 53.7 Å². The topological polar surface area (TPSA) is 69.5 Å². The summed E-state index contributed by atoms with van der Waals surface area (Å²) in [5.74, 6) is 0. The first-order chi connectivity index (χ1) is 13.7. The van der Waals surface area contributed by atoms with Gasteiger partial charge in [0.05, 0.1) is 17.3 Å². The first-order valence-corrected chi connectivity index (χ1v) is 9.92. The quantitative estimate of drug-likeness (QED) is 0.788. The highest BCUT2D eigenvalue weighted by atomic mass is 16.6. The van der Waals surface area contributed by atoms with Crippen LogP contribution in [0, 0.1) is 11.3 Å². The number of amides is 1.